The van der Waals surface area contributed by atoms with Crippen LogP contribution in [0.1, 0.15) is 29.3 Å². The van der Waals surface area contributed by atoms with Gasteiger partial charge in [-0.2, -0.15) is 0 Å². The third kappa shape index (κ3) is 2.21. The predicted molar refractivity (Wildman–Crippen MR) is 61.8 cm³/mol. The van der Waals surface area contributed by atoms with E-state index in [0.717, 1.165) is 0 Å². The zero-order valence-corrected chi connectivity index (χ0v) is 9.65. The molecule has 1 rings (SSSR count). The highest BCUT2D eigenvalue weighted by Crippen LogP contribution is 2.22. The van der Waals surface area contributed by atoms with Crippen LogP contribution in [0.2, 0.25) is 0 Å². The van der Waals surface area contributed by atoms with Gasteiger partial charge in [0.05, 0.1) is 5.56 Å². The lowest BCUT2D eigenvalue weighted by Gasteiger charge is -2.19. The van der Waals surface area contributed by atoms with Gasteiger partial charge in [0.25, 0.3) is 0 Å². The van der Waals surface area contributed by atoms with Crippen LogP contribution in [0.5, 0.6) is 0 Å². The third-order valence-electron chi connectivity index (χ3n) is 2.57. The van der Waals surface area contributed by atoms with Crippen molar-refractivity contribution >= 4 is 17.6 Å². The van der Waals surface area contributed by atoms with Gasteiger partial charge in [0, 0.05) is 19.2 Å². The fourth-order valence-electron chi connectivity index (χ4n) is 1.59. The SMILES string of the molecule is CCC(=O)N(C)c1cccc(C(=O)O)c1C. The van der Waals surface area contributed by atoms with E-state index in [-0.39, 0.29) is 11.5 Å². The van der Waals surface area contributed by atoms with Gasteiger partial charge < -0.3 is 10.0 Å². The van der Waals surface area contributed by atoms with Gasteiger partial charge in [-0.05, 0) is 24.6 Å². The summed E-state index contributed by atoms with van der Waals surface area (Å²) in [6.07, 6.45) is 0.396. The van der Waals surface area contributed by atoms with Crippen LogP contribution in [0.25, 0.3) is 0 Å². The zero-order chi connectivity index (χ0) is 12.3. The molecule has 1 aromatic rings. The second-order valence-electron chi connectivity index (χ2n) is 3.56. The maximum absolute atomic E-state index is 11.5. The molecule has 0 saturated carbocycles. The first-order chi connectivity index (χ1) is 7.49. The van der Waals surface area contributed by atoms with E-state index in [1.54, 1.807) is 33.0 Å². The second-order valence-corrected chi connectivity index (χ2v) is 3.56. The smallest absolute Gasteiger partial charge is 0.336 e. The van der Waals surface area contributed by atoms with Crippen LogP contribution in [0, 0.1) is 6.92 Å². The Balaban J connectivity index is 3.20. The molecule has 0 saturated heterocycles. The Morgan fingerprint density at radius 2 is 2.00 bits per heavy atom. The first-order valence-electron chi connectivity index (χ1n) is 5.08. The summed E-state index contributed by atoms with van der Waals surface area (Å²) < 4.78 is 0. The first kappa shape index (κ1) is 12.2. The summed E-state index contributed by atoms with van der Waals surface area (Å²) in [4.78, 5) is 23.9. The summed E-state index contributed by atoms with van der Waals surface area (Å²) >= 11 is 0. The van der Waals surface area contributed by atoms with E-state index >= 15 is 0 Å². The Bertz CT molecular complexity index is 426. The fraction of sp³-hybridized carbons (Fsp3) is 0.333. The standard InChI is InChI=1S/C12H15NO3/c1-4-11(14)13(3)10-7-5-6-9(8(10)2)12(15)16/h5-7H,4H2,1-3H3,(H,15,16). The molecule has 0 unspecified atom stereocenters. The molecule has 86 valence electrons. The number of benzene rings is 1. The van der Waals surface area contributed by atoms with E-state index in [9.17, 15) is 9.59 Å². The number of hydrogen-bond acceptors (Lipinski definition) is 2. The van der Waals surface area contributed by atoms with Gasteiger partial charge in [-0.25, -0.2) is 4.79 Å². The van der Waals surface area contributed by atoms with Gasteiger partial charge in [0.1, 0.15) is 0 Å². The van der Waals surface area contributed by atoms with E-state index < -0.39 is 5.97 Å². The molecule has 0 fully saturated rings. The summed E-state index contributed by atoms with van der Waals surface area (Å²) in [6.45, 7) is 3.48. The van der Waals surface area contributed by atoms with E-state index in [2.05, 4.69) is 0 Å². The van der Waals surface area contributed by atoms with Crippen LogP contribution in [0.15, 0.2) is 18.2 Å². The van der Waals surface area contributed by atoms with Crippen LogP contribution in [-0.2, 0) is 4.79 Å². The van der Waals surface area contributed by atoms with Crippen LogP contribution in [0.3, 0.4) is 0 Å². The van der Waals surface area contributed by atoms with Crippen molar-refractivity contribution < 1.29 is 14.7 Å². The largest absolute Gasteiger partial charge is 0.478 e. The minimum absolute atomic E-state index is 0.0364. The molecule has 0 heterocycles. The molecule has 0 atom stereocenters. The van der Waals surface area contributed by atoms with Crippen molar-refractivity contribution in [3.05, 3.63) is 29.3 Å². The number of amides is 1. The number of hydrogen-bond donors (Lipinski definition) is 1. The first-order valence-corrected chi connectivity index (χ1v) is 5.08. The third-order valence-corrected chi connectivity index (χ3v) is 2.57. The molecule has 0 aliphatic heterocycles. The summed E-state index contributed by atoms with van der Waals surface area (Å²) in [5, 5.41) is 8.96. The molecule has 0 aliphatic carbocycles. The topological polar surface area (TPSA) is 57.6 Å². The molecule has 0 bridgehead atoms. The lowest BCUT2D eigenvalue weighted by molar-refractivity contribution is -0.118. The van der Waals surface area contributed by atoms with Crippen molar-refractivity contribution in [2.75, 3.05) is 11.9 Å². The molecule has 0 aromatic heterocycles. The highest BCUT2D eigenvalue weighted by molar-refractivity contribution is 5.97. The van der Waals surface area contributed by atoms with Crippen molar-refractivity contribution in [3.8, 4) is 0 Å². The molecule has 0 aliphatic rings. The number of rotatable bonds is 3. The molecular formula is C12H15NO3. The van der Waals surface area contributed by atoms with Crippen LogP contribution in [-0.4, -0.2) is 24.0 Å². The number of carbonyl (C=O) groups excluding carboxylic acids is 1. The minimum atomic E-state index is -0.975. The zero-order valence-electron chi connectivity index (χ0n) is 9.65. The number of aromatic carboxylic acids is 1. The van der Waals surface area contributed by atoms with E-state index in [4.69, 9.17) is 5.11 Å². The van der Waals surface area contributed by atoms with Gasteiger partial charge in [0.2, 0.25) is 5.91 Å². The monoisotopic (exact) mass is 221 g/mol. The van der Waals surface area contributed by atoms with Gasteiger partial charge >= 0.3 is 5.97 Å². The quantitative estimate of drug-likeness (QED) is 0.850. The Morgan fingerprint density at radius 3 is 2.50 bits per heavy atom. The highest BCUT2D eigenvalue weighted by atomic mass is 16.4. The Labute approximate surface area is 94.5 Å². The van der Waals surface area contributed by atoms with Gasteiger partial charge in [0.15, 0.2) is 0 Å². The number of anilines is 1. The second kappa shape index (κ2) is 4.79. The summed E-state index contributed by atoms with van der Waals surface area (Å²) in [5.41, 5.74) is 1.49. The molecule has 0 radical (unpaired) electrons. The lowest BCUT2D eigenvalue weighted by Crippen LogP contribution is -2.26. The summed E-state index contributed by atoms with van der Waals surface area (Å²) in [5.74, 6) is -1.01. The number of carboxylic acid groups (broad SMARTS) is 1. The number of carboxylic acids is 1. The van der Waals surface area contributed by atoms with Crippen molar-refractivity contribution in [1.82, 2.24) is 0 Å². The maximum atomic E-state index is 11.5. The Morgan fingerprint density at radius 1 is 1.38 bits per heavy atom. The predicted octanol–water partition coefficient (Wildman–Crippen LogP) is 2.07. The van der Waals surface area contributed by atoms with E-state index in [1.807, 2.05) is 0 Å². The van der Waals surface area contributed by atoms with Crippen molar-refractivity contribution in [3.63, 3.8) is 0 Å². The van der Waals surface area contributed by atoms with Gasteiger partial charge in [-0.15, -0.1) is 0 Å². The average molecular weight is 221 g/mol. The molecule has 1 amide bonds. The molecule has 4 nitrogen and oxygen atoms in total. The van der Waals surface area contributed by atoms with Crippen molar-refractivity contribution in [2.24, 2.45) is 0 Å². The molecular weight excluding hydrogens is 206 g/mol. The van der Waals surface area contributed by atoms with E-state index in [0.29, 0.717) is 17.7 Å². The number of nitrogens with zero attached hydrogens (tertiary/aromatic N) is 1. The maximum Gasteiger partial charge on any atom is 0.336 e. The number of carbonyl (C=O) groups is 2. The highest BCUT2D eigenvalue weighted by Gasteiger charge is 2.15. The molecule has 1 N–H and O–H groups in total. The van der Waals surface area contributed by atoms with E-state index in [1.165, 1.54) is 11.0 Å². The summed E-state index contributed by atoms with van der Waals surface area (Å²) in [7, 11) is 1.65. The van der Waals surface area contributed by atoms with Gasteiger partial charge in [-0.1, -0.05) is 13.0 Å². The van der Waals surface area contributed by atoms with Crippen LogP contribution < -0.4 is 4.90 Å². The Hall–Kier alpha value is -1.84. The summed E-state index contributed by atoms with van der Waals surface area (Å²) in [6, 6.07) is 4.92. The van der Waals surface area contributed by atoms with Crippen molar-refractivity contribution in [1.29, 1.82) is 0 Å². The Kier molecular flexibility index (Phi) is 3.66. The van der Waals surface area contributed by atoms with Gasteiger partial charge in [-0.3, -0.25) is 4.79 Å². The molecule has 16 heavy (non-hydrogen) atoms. The fourth-order valence-corrected chi connectivity index (χ4v) is 1.59. The van der Waals surface area contributed by atoms with Crippen LogP contribution in [0.4, 0.5) is 5.69 Å². The normalized spacial score (nSPS) is 9.94. The van der Waals surface area contributed by atoms with Crippen LogP contribution >= 0.6 is 0 Å². The molecule has 0 spiro atoms. The molecule has 1 aromatic carbocycles. The lowest BCUT2D eigenvalue weighted by atomic mass is 10.1. The van der Waals surface area contributed by atoms with Crippen molar-refractivity contribution in [2.45, 2.75) is 20.3 Å². The average Bonchev–Trinajstić information content (AvgIpc) is 2.27. The molecule has 4 heteroatoms. The minimum Gasteiger partial charge on any atom is -0.478 e.